The number of nitrogens with one attached hydrogen (secondary N) is 2. The van der Waals surface area contributed by atoms with E-state index in [4.69, 9.17) is 4.74 Å². The maximum Gasteiger partial charge on any atom is 0.246 e. The third-order valence-electron chi connectivity index (χ3n) is 12.8. The number of aliphatic hydroxyl groups is 1. The Morgan fingerprint density at radius 2 is 1.44 bits per heavy atom. The fourth-order valence-electron chi connectivity index (χ4n) is 8.83. The second kappa shape index (κ2) is 23.6. The predicted molar refractivity (Wildman–Crippen MR) is 279 cm³/mol. The topological polar surface area (TPSA) is 141 Å². The monoisotopic (exact) mass is 959 g/mol. The molecule has 11 nitrogen and oxygen atoms in total. The van der Waals surface area contributed by atoms with Crippen LogP contribution in [0.15, 0.2) is 139 Å². The molecule has 70 heavy (non-hydrogen) atoms. The molecule has 0 bridgehead atoms. The van der Waals surface area contributed by atoms with Crippen molar-refractivity contribution < 1.29 is 29.0 Å². The average Bonchev–Trinajstić information content (AvgIpc) is 3.99. The molecule has 6 aromatic rings. The number of aromatic nitrogens is 1. The molecule has 1 aliphatic heterocycles. The molecule has 1 aliphatic rings. The van der Waals surface area contributed by atoms with Crippen molar-refractivity contribution in [2.75, 3.05) is 26.7 Å². The van der Waals surface area contributed by atoms with Gasteiger partial charge < -0.3 is 30.3 Å². The molecule has 0 spiro atoms. The summed E-state index contributed by atoms with van der Waals surface area (Å²) in [5, 5.41) is 16.5. The summed E-state index contributed by atoms with van der Waals surface area (Å²) in [4.78, 5) is 62.8. The fourth-order valence-corrected chi connectivity index (χ4v) is 9.64. The van der Waals surface area contributed by atoms with Gasteiger partial charge in [0.25, 0.3) is 0 Å². The van der Waals surface area contributed by atoms with Gasteiger partial charge >= 0.3 is 0 Å². The van der Waals surface area contributed by atoms with Gasteiger partial charge in [-0.2, -0.15) is 0 Å². The highest BCUT2D eigenvalue weighted by atomic mass is 32.1. The SMILES string of the molecule is CC/C(=C(\c1ccccc1)c1ccc(OCCN(C)C(=O)Cc2ccc(CCC(=O)N[C@H](C(=O)N3C[C@H](O)C[C@H]3C(=O)NCc3ccc(-c4scnc4C)cc3)C(C)(C)C)cc2)cc1)c1ccccc1. The van der Waals surface area contributed by atoms with Crippen LogP contribution in [0.1, 0.15) is 86.0 Å². The van der Waals surface area contributed by atoms with Crippen LogP contribution >= 0.6 is 11.3 Å². The number of allylic oxidation sites excluding steroid dienone is 1. The number of aryl methyl sites for hydroxylation is 2. The van der Waals surface area contributed by atoms with E-state index in [1.165, 1.54) is 21.6 Å². The van der Waals surface area contributed by atoms with E-state index in [0.717, 1.165) is 56.1 Å². The number of thiazole rings is 1. The lowest BCUT2D eigenvalue weighted by Gasteiger charge is -2.35. The molecular weight excluding hydrogens is 895 g/mol. The number of aliphatic hydroxyl groups excluding tert-OH is 1. The molecule has 3 atom stereocenters. The Bertz CT molecular complexity index is 2730. The Labute approximate surface area is 416 Å². The molecule has 0 saturated carbocycles. The summed E-state index contributed by atoms with van der Waals surface area (Å²) >= 11 is 1.58. The summed E-state index contributed by atoms with van der Waals surface area (Å²) in [6.07, 6.45) is 0.914. The number of hydrogen-bond acceptors (Lipinski definition) is 8. The van der Waals surface area contributed by atoms with Crippen LogP contribution in [0.3, 0.4) is 0 Å². The normalized spacial score (nSPS) is 15.4. The molecule has 5 aromatic carbocycles. The van der Waals surface area contributed by atoms with Crippen LogP contribution in [0.25, 0.3) is 21.6 Å². The predicted octanol–water partition coefficient (Wildman–Crippen LogP) is 9.31. The molecule has 1 fully saturated rings. The van der Waals surface area contributed by atoms with Crippen LogP contribution in [0.4, 0.5) is 0 Å². The van der Waals surface area contributed by atoms with E-state index in [9.17, 15) is 24.3 Å². The molecule has 1 aromatic heterocycles. The lowest BCUT2D eigenvalue weighted by atomic mass is 9.85. The van der Waals surface area contributed by atoms with E-state index in [1.54, 1.807) is 23.3 Å². The summed E-state index contributed by atoms with van der Waals surface area (Å²) < 4.78 is 6.10. The average molecular weight is 960 g/mol. The minimum atomic E-state index is -0.922. The summed E-state index contributed by atoms with van der Waals surface area (Å²) in [5.41, 5.74) is 11.8. The van der Waals surface area contributed by atoms with Gasteiger partial charge in [-0.15, -0.1) is 11.3 Å². The van der Waals surface area contributed by atoms with E-state index >= 15 is 0 Å². The van der Waals surface area contributed by atoms with Crippen molar-refractivity contribution in [3.63, 3.8) is 0 Å². The van der Waals surface area contributed by atoms with Gasteiger partial charge in [-0.05, 0) is 87.4 Å². The van der Waals surface area contributed by atoms with Crippen LogP contribution in [0, 0.1) is 12.3 Å². The van der Waals surface area contributed by atoms with Crippen molar-refractivity contribution in [2.24, 2.45) is 5.41 Å². The Balaban J connectivity index is 0.864. The number of hydrogen-bond donors (Lipinski definition) is 3. The van der Waals surface area contributed by atoms with Crippen LogP contribution in [-0.2, 0) is 38.6 Å². The quantitative estimate of drug-likeness (QED) is 0.0688. The number of benzene rings is 5. The van der Waals surface area contributed by atoms with Gasteiger partial charge in [0.1, 0.15) is 24.4 Å². The first kappa shape index (κ1) is 51.0. The van der Waals surface area contributed by atoms with Gasteiger partial charge in [0.05, 0.1) is 35.2 Å². The zero-order chi connectivity index (χ0) is 49.8. The van der Waals surface area contributed by atoms with E-state index in [0.29, 0.717) is 19.6 Å². The summed E-state index contributed by atoms with van der Waals surface area (Å²) in [5.74, 6) is -0.362. The number of likely N-dealkylation sites (N-methyl/N-ethyl adjacent to an activating group) is 1. The number of β-amino-alcohol motifs (C(OH)–C–C–N with tert-alkyl or cyclic N) is 1. The molecule has 0 radical (unpaired) electrons. The van der Waals surface area contributed by atoms with Crippen LogP contribution in [-0.4, -0.2) is 88.5 Å². The van der Waals surface area contributed by atoms with Crippen molar-refractivity contribution in [2.45, 2.75) is 91.5 Å². The zero-order valence-electron chi connectivity index (χ0n) is 41.1. The summed E-state index contributed by atoms with van der Waals surface area (Å²) in [6, 6.07) is 42.9. The Morgan fingerprint density at radius 1 is 0.829 bits per heavy atom. The maximum absolute atomic E-state index is 14.1. The summed E-state index contributed by atoms with van der Waals surface area (Å²) in [7, 11) is 1.78. The molecule has 2 heterocycles. The van der Waals surface area contributed by atoms with Crippen molar-refractivity contribution in [1.29, 1.82) is 0 Å². The van der Waals surface area contributed by atoms with Crippen molar-refractivity contribution in [1.82, 2.24) is 25.4 Å². The fraction of sp³-hybridized carbons (Fsp3) is 0.328. The standard InChI is InChI=1S/C58H65N5O6S/c1-7-49(43-14-10-8-11-15-43)53(44-16-12-9-13-17-44)45-27-29-48(30-28-45)69-33-32-62(6)52(66)34-41-20-18-40(19-21-41)24-31-51(65)61-55(58(3,4)5)57(68)63-37-47(64)35-50(63)56(67)59-36-42-22-25-46(26-23-42)54-39(2)60-38-70-54/h8-23,25-30,38,47,50,55,64H,7,24,31-37H2,1-6H3,(H,59,67)(H,61,65)/b53-49-/t47-,50+,55-/m1/s1. The first-order valence-corrected chi connectivity index (χ1v) is 25.0. The minimum absolute atomic E-state index is 0.000156. The smallest absolute Gasteiger partial charge is 0.246 e. The second-order valence-corrected chi connectivity index (χ2v) is 19.9. The minimum Gasteiger partial charge on any atom is -0.492 e. The highest BCUT2D eigenvalue weighted by Gasteiger charge is 2.44. The third-order valence-corrected chi connectivity index (χ3v) is 13.8. The highest BCUT2D eigenvalue weighted by molar-refractivity contribution is 7.13. The number of rotatable bonds is 19. The van der Waals surface area contributed by atoms with Crippen molar-refractivity contribution >= 4 is 46.1 Å². The number of carbonyl (C=O) groups is 4. The number of nitrogens with zero attached hydrogens (tertiary/aromatic N) is 3. The second-order valence-electron chi connectivity index (χ2n) is 19.1. The molecule has 1 saturated heterocycles. The number of amides is 4. The van der Waals surface area contributed by atoms with E-state index in [1.807, 2.05) is 106 Å². The first-order valence-electron chi connectivity index (χ1n) is 24.1. The summed E-state index contributed by atoms with van der Waals surface area (Å²) in [6.45, 7) is 10.8. The number of ether oxygens (including phenoxy) is 1. The molecule has 7 rings (SSSR count). The van der Waals surface area contributed by atoms with E-state index in [-0.39, 0.29) is 50.1 Å². The van der Waals surface area contributed by atoms with Crippen LogP contribution < -0.4 is 15.4 Å². The lowest BCUT2D eigenvalue weighted by molar-refractivity contribution is -0.144. The lowest BCUT2D eigenvalue weighted by Crippen LogP contribution is -2.57. The molecule has 364 valence electrons. The van der Waals surface area contributed by atoms with E-state index in [2.05, 4.69) is 83.2 Å². The molecule has 0 aliphatic carbocycles. The molecule has 4 amide bonds. The molecule has 3 N–H and O–H groups in total. The van der Waals surface area contributed by atoms with Crippen molar-refractivity contribution in [3.8, 4) is 16.2 Å². The maximum atomic E-state index is 14.1. The van der Waals surface area contributed by atoms with Gasteiger partial charge in [-0.25, -0.2) is 4.98 Å². The van der Waals surface area contributed by atoms with Crippen LogP contribution in [0.2, 0.25) is 0 Å². The van der Waals surface area contributed by atoms with E-state index < -0.39 is 29.5 Å². The first-order chi connectivity index (χ1) is 33.7. The van der Waals surface area contributed by atoms with Gasteiger partial charge in [-0.1, -0.05) is 149 Å². The molecule has 0 unspecified atom stereocenters. The Hall–Kier alpha value is -6.89. The largest absolute Gasteiger partial charge is 0.492 e. The van der Waals surface area contributed by atoms with Gasteiger partial charge in [0.2, 0.25) is 23.6 Å². The number of likely N-dealkylation sites (tertiary alicyclic amines) is 1. The Morgan fingerprint density at radius 3 is 2.06 bits per heavy atom. The third kappa shape index (κ3) is 13.2. The van der Waals surface area contributed by atoms with Crippen molar-refractivity contribution in [3.05, 3.63) is 178 Å². The van der Waals surface area contributed by atoms with Gasteiger partial charge in [-0.3, -0.25) is 19.2 Å². The Kier molecular flexibility index (Phi) is 17.2. The van der Waals surface area contributed by atoms with Gasteiger partial charge in [0, 0.05) is 33.0 Å². The van der Waals surface area contributed by atoms with Crippen LogP contribution in [0.5, 0.6) is 5.75 Å². The molecular formula is C58H65N5O6S. The highest BCUT2D eigenvalue weighted by Crippen LogP contribution is 2.35. The zero-order valence-corrected chi connectivity index (χ0v) is 41.9. The van der Waals surface area contributed by atoms with Gasteiger partial charge in [0.15, 0.2) is 0 Å². The number of carbonyl (C=O) groups excluding carboxylic acids is 4. The molecule has 12 heteroatoms.